The molecule has 0 saturated heterocycles. The van der Waals surface area contributed by atoms with Gasteiger partial charge in [-0.1, -0.05) is 11.3 Å². The van der Waals surface area contributed by atoms with Crippen molar-refractivity contribution in [3.63, 3.8) is 0 Å². The fourth-order valence-electron chi connectivity index (χ4n) is 2.12. The molecule has 0 bridgehead atoms. The lowest BCUT2D eigenvalue weighted by Gasteiger charge is -2.05. The molecule has 3 rings (SSSR count). The third kappa shape index (κ3) is 3.08. The maximum absolute atomic E-state index is 13.1. The minimum Gasteiger partial charge on any atom is -0.320 e. The quantitative estimate of drug-likeness (QED) is 0.808. The monoisotopic (exact) mass is 314 g/mol. The van der Waals surface area contributed by atoms with E-state index in [1.807, 2.05) is 0 Å². The maximum atomic E-state index is 13.1. The summed E-state index contributed by atoms with van der Waals surface area (Å²) in [6, 6.07) is 11.2. The highest BCUT2D eigenvalue weighted by atomic mass is 19.1. The summed E-state index contributed by atoms with van der Waals surface area (Å²) in [4.78, 5) is 12.2. The van der Waals surface area contributed by atoms with E-state index < -0.39 is 11.7 Å². The second-order valence-electron chi connectivity index (χ2n) is 4.88. The number of nitrogens with zero attached hydrogens (tertiary/aromatic N) is 3. The molecule has 0 aliphatic carbocycles. The van der Waals surface area contributed by atoms with Crippen molar-refractivity contribution in [3.8, 4) is 5.69 Å². The van der Waals surface area contributed by atoms with Gasteiger partial charge in [-0.3, -0.25) is 4.79 Å². The summed E-state index contributed by atoms with van der Waals surface area (Å²) in [5, 5.41) is 10.3. The normalized spacial score (nSPS) is 10.6. The molecular weight excluding hydrogens is 302 g/mol. The van der Waals surface area contributed by atoms with Gasteiger partial charge in [0.2, 0.25) is 0 Å². The van der Waals surface area contributed by atoms with Crippen molar-refractivity contribution < 1.29 is 13.6 Å². The molecule has 23 heavy (non-hydrogen) atoms. The van der Waals surface area contributed by atoms with E-state index in [-0.39, 0.29) is 11.5 Å². The lowest BCUT2D eigenvalue weighted by Crippen LogP contribution is -2.14. The van der Waals surface area contributed by atoms with Crippen LogP contribution in [0.5, 0.6) is 0 Å². The van der Waals surface area contributed by atoms with Gasteiger partial charge in [-0.05, 0) is 49.4 Å². The minimum absolute atomic E-state index is 0.110. The Kier molecular flexibility index (Phi) is 3.84. The summed E-state index contributed by atoms with van der Waals surface area (Å²) in [5.41, 5.74) is 1.51. The summed E-state index contributed by atoms with van der Waals surface area (Å²) < 4.78 is 27.5. The number of hydrogen-bond donors (Lipinski definition) is 1. The predicted molar refractivity (Wildman–Crippen MR) is 80.4 cm³/mol. The fourth-order valence-corrected chi connectivity index (χ4v) is 2.12. The Balaban J connectivity index is 1.86. The number of carbonyl (C=O) groups is 1. The minimum atomic E-state index is -0.499. The molecule has 0 unspecified atom stereocenters. The van der Waals surface area contributed by atoms with E-state index in [4.69, 9.17) is 0 Å². The van der Waals surface area contributed by atoms with E-state index in [2.05, 4.69) is 15.6 Å². The van der Waals surface area contributed by atoms with Gasteiger partial charge in [-0.15, -0.1) is 5.10 Å². The van der Waals surface area contributed by atoms with Gasteiger partial charge in [0.1, 0.15) is 11.6 Å². The number of hydrogen-bond acceptors (Lipinski definition) is 3. The number of benzene rings is 2. The molecule has 1 aromatic heterocycles. The summed E-state index contributed by atoms with van der Waals surface area (Å²) in [5.74, 6) is -1.31. The van der Waals surface area contributed by atoms with Crippen molar-refractivity contribution in [2.24, 2.45) is 0 Å². The van der Waals surface area contributed by atoms with Gasteiger partial charge in [-0.25, -0.2) is 13.5 Å². The van der Waals surface area contributed by atoms with E-state index in [1.165, 1.54) is 47.1 Å². The van der Waals surface area contributed by atoms with Crippen LogP contribution in [0.3, 0.4) is 0 Å². The molecule has 0 saturated carbocycles. The van der Waals surface area contributed by atoms with Crippen LogP contribution in [0.4, 0.5) is 14.5 Å². The van der Waals surface area contributed by atoms with E-state index >= 15 is 0 Å². The zero-order valence-electron chi connectivity index (χ0n) is 12.1. The Morgan fingerprint density at radius 3 is 2.52 bits per heavy atom. The van der Waals surface area contributed by atoms with Crippen molar-refractivity contribution in [2.45, 2.75) is 6.92 Å². The second kappa shape index (κ2) is 5.96. The third-order valence-electron chi connectivity index (χ3n) is 3.26. The Labute approximate surface area is 130 Å². The number of rotatable bonds is 3. The molecule has 7 heteroatoms. The second-order valence-corrected chi connectivity index (χ2v) is 4.88. The standard InChI is InChI=1S/C16H12F2N4O/c1-10-15(16(23)19-13-4-2-3-12(18)9-13)20-21-22(10)14-7-5-11(17)6-8-14/h2-9H,1H3,(H,19,23). The molecule has 0 fully saturated rings. The van der Waals surface area contributed by atoms with E-state index in [9.17, 15) is 13.6 Å². The van der Waals surface area contributed by atoms with Crippen molar-refractivity contribution >= 4 is 11.6 Å². The van der Waals surface area contributed by atoms with Crippen LogP contribution in [0.25, 0.3) is 5.69 Å². The first kappa shape index (κ1) is 14.8. The lowest BCUT2D eigenvalue weighted by molar-refractivity contribution is 0.102. The summed E-state index contributed by atoms with van der Waals surface area (Å²) >= 11 is 0. The number of carbonyl (C=O) groups excluding carboxylic acids is 1. The van der Waals surface area contributed by atoms with Gasteiger partial charge in [0.15, 0.2) is 5.69 Å². The van der Waals surface area contributed by atoms with Crippen molar-refractivity contribution in [1.29, 1.82) is 0 Å². The van der Waals surface area contributed by atoms with Crippen molar-refractivity contribution in [1.82, 2.24) is 15.0 Å². The SMILES string of the molecule is Cc1c(C(=O)Nc2cccc(F)c2)nnn1-c1ccc(F)cc1. The first-order chi connectivity index (χ1) is 11.0. The molecule has 5 nitrogen and oxygen atoms in total. The van der Waals surface area contributed by atoms with Crippen LogP contribution in [-0.2, 0) is 0 Å². The average Bonchev–Trinajstić information content (AvgIpc) is 2.90. The van der Waals surface area contributed by atoms with Crippen LogP contribution < -0.4 is 5.32 Å². The van der Waals surface area contributed by atoms with Crippen molar-refractivity contribution in [3.05, 3.63) is 71.6 Å². The van der Waals surface area contributed by atoms with Gasteiger partial charge in [0, 0.05) is 5.69 Å². The molecule has 3 aromatic rings. The van der Waals surface area contributed by atoms with Gasteiger partial charge >= 0.3 is 0 Å². The topological polar surface area (TPSA) is 59.8 Å². The Morgan fingerprint density at radius 2 is 1.83 bits per heavy atom. The van der Waals surface area contributed by atoms with E-state index in [1.54, 1.807) is 13.0 Å². The molecule has 0 spiro atoms. The molecule has 1 amide bonds. The van der Waals surface area contributed by atoms with E-state index in [0.29, 0.717) is 17.1 Å². The number of halogens is 2. The van der Waals surface area contributed by atoms with Gasteiger partial charge in [-0.2, -0.15) is 0 Å². The molecule has 0 aliphatic rings. The Bertz CT molecular complexity index is 859. The largest absolute Gasteiger partial charge is 0.320 e. The van der Waals surface area contributed by atoms with Gasteiger partial charge in [0.05, 0.1) is 11.4 Å². The molecular formula is C16H12F2N4O. The first-order valence-electron chi connectivity index (χ1n) is 6.80. The summed E-state index contributed by atoms with van der Waals surface area (Å²) in [6.07, 6.45) is 0. The first-order valence-corrected chi connectivity index (χ1v) is 6.80. The average molecular weight is 314 g/mol. The van der Waals surface area contributed by atoms with Crippen LogP contribution >= 0.6 is 0 Å². The number of aromatic nitrogens is 3. The summed E-state index contributed by atoms with van der Waals surface area (Å²) in [7, 11) is 0. The van der Waals surface area contributed by atoms with Crippen LogP contribution in [-0.4, -0.2) is 20.9 Å². The zero-order chi connectivity index (χ0) is 16.4. The van der Waals surface area contributed by atoms with Crippen LogP contribution in [0, 0.1) is 18.6 Å². The van der Waals surface area contributed by atoms with Gasteiger partial charge in [0.25, 0.3) is 5.91 Å². The number of anilines is 1. The van der Waals surface area contributed by atoms with Gasteiger partial charge < -0.3 is 5.32 Å². The molecule has 116 valence electrons. The molecule has 0 radical (unpaired) electrons. The fraction of sp³-hybridized carbons (Fsp3) is 0.0625. The highest BCUT2D eigenvalue weighted by molar-refractivity contribution is 6.03. The molecule has 0 atom stereocenters. The number of amides is 1. The highest BCUT2D eigenvalue weighted by Gasteiger charge is 2.17. The highest BCUT2D eigenvalue weighted by Crippen LogP contribution is 2.15. The van der Waals surface area contributed by atoms with Crippen molar-refractivity contribution in [2.75, 3.05) is 5.32 Å². The molecule has 0 aliphatic heterocycles. The maximum Gasteiger partial charge on any atom is 0.278 e. The number of nitrogens with one attached hydrogen (secondary N) is 1. The predicted octanol–water partition coefficient (Wildman–Crippen LogP) is 3.11. The Hall–Kier alpha value is -3.09. The summed E-state index contributed by atoms with van der Waals surface area (Å²) in [6.45, 7) is 1.67. The molecule has 1 N–H and O–H groups in total. The van der Waals surface area contributed by atoms with Crippen LogP contribution in [0.1, 0.15) is 16.2 Å². The van der Waals surface area contributed by atoms with Crippen LogP contribution in [0.2, 0.25) is 0 Å². The van der Waals surface area contributed by atoms with Crippen LogP contribution in [0.15, 0.2) is 48.5 Å². The third-order valence-corrected chi connectivity index (χ3v) is 3.26. The van der Waals surface area contributed by atoms with E-state index in [0.717, 1.165) is 0 Å². The zero-order valence-corrected chi connectivity index (χ0v) is 12.1. The Morgan fingerprint density at radius 1 is 1.09 bits per heavy atom. The molecule has 2 aromatic carbocycles. The smallest absolute Gasteiger partial charge is 0.278 e. The lowest BCUT2D eigenvalue weighted by atomic mass is 10.2. The molecule has 1 heterocycles.